The Hall–Kier alpha value is -1.29. The van der Waals surface area contributed by atoms with Crippen molar-refractivity contribution < 1.29 is 13.9 Å². The zero-order chi connectivity index (χ0) is 14.7. The third kappa shape index (κ3) is 3.23. The minimum atomic E-state index is -0.511. The highest BCUT2D eigenvalue weighted by atomic mass is 35.5. The maximum absolute atomic E-state index is 13.6. The summed E-state index contributed by atoms with van der Waals surface area (Å²) in [5.41, 5.74) is 0.362. The molecule has 1 heterocycles. The standard InChI is InChI=1S/C15H19ClFNO2/c1-10(16)11-5-7-18(8-6-11)15(19)12-3-4-14(20-2)13(17)9-12/h3-4,9-11H,5-8H2,1-2H3. The molecule has 0 aromatic heterocycles. The maximum atomic E-state index is 13.6. The van der Waals surface area contributed by atoms with E-state index in [1.807, 2.05) is 6.92 Å². The Balaban J connectivity index is 2.04. The van der Waals surface area contributed by atoms with Crippen LogP contribution in [0.1, 0.15) is 30.1 Å². The van der Waals surface area contributed by atoms with Gasteiger partial charge in [-0.25, -0.2) is 4.39 Å². The highest BCUT2D eigenvalue weighted by Gasteiger charge is 2.26. The molecule has 1 aromatic carbocycles. The van der Waals surface area contributed by atoms with Gasteiger partial charge in [0.15, 0.2) is 11.6 Å². The van der Waals surface area contributed by atoms with Gasteiger partial charge in [-0.3, -0.25) is 4.79 Å². The van der Waals surface area contributed by atoms with Crippen LogP contribution in [-0.2, 0) is 0 Å². The number of hydrogen-bond acceptors (Lipinski definition) is 2. The van der Waals surface area contributed by atoms with Gasteiger partial charge in [-0.2, -0.15) is 0 Å². The number of alkyl halides is 1. The lowest BCUT2D eigenvalue weighted by molar-refractivity contribution is 0.0689. The number of rotatable bonds is 3. The maximum Gasteiger partial charge on any atom is 0.253 e. The van der Waals surface area contributed by atoms with Crippen LogP contribution < -0.4 is 4.74 Å². The van der Waals surface area contributed by atoms with Crippen LogP contribution >= 0.6 is 11.6 Å². The smallest absolute Gasteiger partial charge is 0.253 e. The zero-order valence-corrected chi connectivity index (χ0v) is 12.5. The van der Waals surface area contributed by atoms with Gasteiger partial charge in [0.05, 0.1) is 7.11 Å². The first kappa shape index (κ1) is 15.1. The average molecular weight is 300 g/mol. The van der Waals surface area contributed by atoms with E-state index in [9.17, 15) is 9.18 Å². The number of hydrogen-bond donors (Lipinski definition) is 0. The van der Waals surface area contributed by atoms with Gasteiger partial charge in [-0.1, -0.05) is 0 Å². The molecule has 110 valence electrons. The Morgan fingerprint density at radius 2 is 2.10 bits per heavy atom. The number of amides is 1. The molecule has 2 rings (SSSR count). The molecule has 0 spiro atoms. The fourth-order valence-electron chi connectivity index (χ4n) is 2.54. The highest BCUT2D eigenvalue weighted by molar-refractivity contribution is 6.20. The van der Waals surface area contributed by atoms with Gasteiger partial charge < -0.3 is 9.64 Å². The predicted molar refractivity (Wildman–Crippen MR) is 76.9 cm³/mol. The number of methoxy groups -OCH3 is 1. The van der Waals surface area contributed by atoms with Gasteiger partial charge in [0.1, 0.15) is 0 Å². The Labute approximate surface area is 123 Å². The molecule has 1 saturated heterocycles. The van der Waals surface area contributed by atoms with Crippen molar-refractivity contribution in [2.75, 3.05) is 20.2 Å². The van der Waals surface area contributed by atoms with E-state index in [1.165, 1.54) is 19.2 Å². The molecule has 1 fully saturated rings. The average Bonchev–Trinajstić information content (AvgIpc) is 2.46. The SMILES string of the molecule is COc1ccc(C(=O)N2CCC(C(C)Cl)CC2)cc1F. The van der Waals surface area contributed by atoms with E-state index < -0.39 is 5.82 Å². The summed E-state index contributed by atoms with van der Waals surface area (Å²) < 4.78 is 18.5. The first-order valence-corrected chi connectivity index (χ1v) is 7.23. The Bertz CT molecular complexity index is 485. The van der Waals surface area contributed by atoms with Gasteiger partial charge in [-0.05, 0) is 43.9 Å². The molecule has 1 unspecified atom stereocenters. The zero-order valence-electron chi connectivity index (χ0n) is 11.7. The van der Waals surface area contributed by atoms with Gasteiger partial charge in [0.2, 0.25) is 0 Å². The predicted octanol–water partition coefficient (Wildman–Crippen LogP) is 3.31. The molecule has 1 atom stereocenters. The third-order valence-electron chi connectivity index (χ3n) is 3.88. The largest absolute Gasteiger partial charge is 0.494 e. The number of carbonyl (C=O) groups excluding carboxylic acids is 1. The molecule has 1 aliphatic rings. The number of benzene rings is 1. The van der Waals surface area contributed by atoms with E-state index in [4.69, 9.17) is 16.3 Å². The molecule has 1 aliphatic heterocycles. The monoisotopic (exact) mass is 299 g/mol. The summed E-state index contributed by atoms with van der Waals surface area (Å²) >= 11 is 6.09. The molecule has 0 bridgehead atoms. The van der Waals surface area contributed by atoms with E-state index in [0.717, 1.165) is 12.8 Å². The summed E-state index contributed by atoms with van der Waals surface area (Å²) in [6.45, 7) is 3.34. The van der Waals surface area contributed by atoms with E-state index in [2.05, 4.69) is 0 Å². The van der Waals surface area contributed by atoms with Crippen molar-refractivity contribution in [3.8, 4) is 5.75 Å². The second-order valence-corrected chi connectivity index (χ2v) is 5.84. The van der Waals surface area contributed by atoms with Gasteiger partial charge >= 0.3 is 0 Å². The van der Waals surface area contributed by atoms with E-state index >= 15 is 0 Å². The lowest BCUT2D eigenvalue weighted by Gasteiger charge is -2.33. The first-order chi connectivity index (χ1) is 9.52. The van der Waals surface area contributed by atoms with Crippen LogP contribution in [0.25, 0.3) is 0 Å². The molecule has 0 radical (unpaired) electrons. The van der Waals surface area contributed by atoms with Crippen molar-refractivity contribution in [3.63, 3.8) is 0 Å². The number of ether oxygens (including phenoxy) is 1. The summed E-state index contributed by atoms with van der Waals surface area (Å²) in [7, 11) is 1.40. The van der Waals surface area contributed by atoms with Gasteiger partial charge in [0.25, 0.3) is 5.91 Å². The highest BCUT2D eigenvalue weighted by Crippen LogP contribution is 2.25. The normalized spacial score (nSPS) is 17.9. The lowest BCUT2D eigenvalue weighted by Crippen LogP contribution is -2.40. The van der Waals surface area contributed by atoms with Crippen molar-refractivity contribution in [3.05, 3.63) is 29.6 Å². The lowest BCUT2D eigenvalue weighted by atomic mass is 9.93. The summed E-state index contributed by atoms with van der Waals surface area (Å²) in [6.07, 6.45) is 1.80. The van der Waals surface area contributed by atoms with Crippen molar-refractivity contribution in [1.82, 2.24) is 4.90 Å². The number of piperidine rings is 1. The second-order valence-electron chi connectivity index (χ2n) is 5.16. The van der Waals surface area contributed by atoms with Crippen LogP contribution in [-0.4, -0.2) is 36.4 Å². The number of halogens is 2. The second kappa shape index (κ2) is 6.44. The molecular formula is C15H19ClFNO2. The molecule has 0 saturated carbocycles. The van der Waals surface area contributed by atoms with Crippen molar-refractivity contribution in [2.24, 2.45) is 5.92 Å². The molecule has 5 heteroatoms. The van der Waals surface area contributed by atoms with Crippen LogP contribution in [0.3, 0.4) is 0 Å². The fraction of sp³-hybridized carbons (Fsp3) is 0.533. The topological polar surface area (TPSA) is 29.5 Å². The van der Waals surface area contributed by atoms with E-state index in [0.29, 0.717) is 24.6 Å². The van der Waals surface area contributed by atoms with Crippen molar-refractivity contribution >= 4 is 17.5 Å². The summed E-state index contributed by atoms with van der Waals surface area (Å²) in [6, 6.07) is 4.31. The summed E-state index contributed by atoms with van der Waals surface area (Å²) in [5, 5.41) is 0.130. The first-order valence-electron chi connectivity index (χ1n) is 6.79. The molecular weight excluding hydrogens is 281 g/mol. The van der Waals surface area contributed by atoms with Crippen LogP contribution in [0.5, 0.6) is 5.75 Å². The number of carbonyl (C=O) groups is 1. The summed E-state index contributed by atoms with van der Waals surface area (Å²) in [4.78, 5) is 14.1. The molecule has 1 aromatic rings. The van der Waals surface area contributed by atoms with Gasteiger partial charge in [-0.15, -0.1) is 11.6 Å². The minimum Gasteiger partial charge on any atom is -0.494 e. The Kier molecular flexibility index (Phi) is 4.86. The minimum absolute atomic E-state index is 0.130. The van der Waals surface area contributed by atoms with E-state index in [-0.39, 0.29) is 17.0 Å². The quantitative estimate of drug-likeness (QED) is 0.801. The van der Waals surface area contributed by atoms with Crippen molar-refractivity contribution in [1.29, 1.82) is 0 Å². The Morgan fingerprint density at radius 3 is 2.60 bits per heavy atom. The van der Waals surface area contributed by atoms with Crippen LogP contribution in [0.4, 0.5) is 4.39 Å². The van der Waals surface area contributed by atoms with Crippen LogP contribution in [0, 0.1) is 11.7 Å². The molecule has 1 amide bonds. The van der Waals surface area contributed by atoms with Crippen LogP contribution in [0.15, 0.2) is 18.2 Å². The van der Waals surface area contributed by atoms with Gasteiger partial charge in [0, 0.05) is 24.0 Å². The molecule has 3 nitrogen and oxygen atoms in total. The molecule has 0 aliphatic carbocycles. The van der Waals surface area contributed by atoms with E-state index in [1.54, 1.807) is 11.0 Å². The molecule has 20 heavy (non-hydrogen) atoms. The number of nitrogens with zero attached hydrogens (tertiary/aromatic N) is 1. The van der Waals surface area contributed by atoms with Crippen LogP contribution in [0.2, 0.25) is 0 Å². The molecule has 0 N–H and O–H groups in total. The fourth-order valence-corrected chi connectivity index (χ4v) is 2.80. The summed E-state index contributed by atoms with van der Waals surface area (Å²) in [5.74, 6) is -0.0422. The Morgan fingerprint density at radius 1 is 1.45 bits per heavy atom. The van der Waals surface area contributed by atoms with Crippen molar-refractivity contribution in [2.45, 2.75) is 25.1 Å². The number of likely N-dealkylation sites (tertiary alicyclic amines) is 1. The third-order valence-corrected chi connectivity index (χ3v) is 4.23.